The van der Waals surface area contributed by atoms with Crippen molar-refractivity contribution in [2.24, 2.45) is 0 Å². The maximum absolute atomic E-state index is 13.1. The van der Waals surface area contributed by atoms with Crippen molar-refractivity contribution in [3.63, 3.8) is 0 Å². The zero-order valence-corrected chi connectivity index (χ0v) is 11.9. The Morgan fingerprint density at radius 3 is 2.90 bits per heavy atom. The smallest absolute Gasteiger partial charge is 0.320 e. The molecule has 114 valence electrons. The van der Waals surface area contributed by atoms with E-state index in [2.05, 4.69) is 20.8 Å². The van der Waals surface area contributed by atoms with E-state index in [0.717, 1.165) is 0 Å². The molecule has 0 unspecified atom stereocenters. The molecule has 0 bridgehead atoms. The van der Waals surface area contributed by atoms with Crippen LogP contribution in [0.3, 0.4) is 0 Å². The molecule has 21 heavy (non-hydrogen) atoms. The van der Waals surface area contributed by atoms with Crippen molar-refractivity contribution in [3.8, 4) is 5.75 Å². The molecule has 1 aromatic heterocycles. The lowest BCUT2D eigenvalue weighted by molar-refractivity contribution is 0.198. The van der Waals surface area contributed by atoms with Gasteiger partial charge in [-0.15, -0.1) is 5.10 Å². The SMILES string of the molecule is COCCNCc1nnc(Nc2ccc(F)cc2OC)o1. The highest BCUT2D eigenvalue weighted by molar-refractivity contribution is 5.61. The Morgan fingerprint density at radius 1 is 1.29 bits per heavy atom. The summed E-state index contributed by atoms with van der Waals surface area (Å²) in [5, 5.41) is 13.7. The van der Waals surface area contributed by atoms with E-state index in [1.54, 1.807) is 7.11 Å². The summed E-state index contributed by atoms with van der Waals surface area (Å²) in [6, 6.07) is 4.33. The Hall–Kier alpha value is -2.19. The maximum atomic E-state index is 13.1. The van der Waals surface area contributed by atoms with Gasteiger partial charge in [0.05, 0.1) is 25.9 Å². The van der Waals surface area contributed by atoms with Gasteiger partial charge < -0.3 is 24.5 Å². The van der Waals surface area contributed by atoms with Crippen LogP contribution in [-0.2, 0) is 11.3 Å². The topological polar surface area (TPSA) is 81.4 Å². The lowest BCUT2D eigenvalue weighted by Crippen LogP contribution is -2.18. The summed E-state index contributed by atoms with van der Waals surface area (Å²) in [5.74, 6) is 0.411. The second-order valence-corrected chi connectivity index (χ2v) is 4.14. The van der Waals surface area contributed by atoms with Crippen molar-refractivity contribution in [3.05, 3.63) is 29.9 Å². The molecule has 0 atom stereocenters. The Labute approximate surface area is 121 Å². The van der Waals surface area contributed by atoms with Gasteiger partial charge in [-0.1, -0.05) is 5.10 Å². The van der Waals surface area contributed by atoms with Crippen molar-refractivity contribution in [2.75, 3.05) is 32.7 Å². The molecular formula is C13H17FN4O3. The molecule has 0 aliphatic rings. The van der Waals surface area contributed by atoms with Gasteiger partial charge in [0, 0.05) is 19.7 Å². The molecule has 0 fully saturated rings. The fourth-order valence-electron chi connectivity index (χ4n) is 1.63. The van der Waals surface area contributed by atoms with Crippen molar-refractivity contribution in [2.45, 2.75) is 6.54 Å². The van der Waals surface area contributed by atoms with Gasteiger partial charge in [-0.2, -0.15) is 0 Å². The number of benzene rings is 1. The summed E-state index contributed by atoms with van der Waals surface area (Å²) >= 11 is 0. The van der Waals surface area contributed by atoms with E-state index in [9.17, 15) is 4.39 Å². The first kappa shape index (κ1) is 15.2. The van der Waals surface area contributed by atoms with Crippen LogP contribution >= 0.6 is 0 Å². The third kappa shape index (κ3) is 4.40. The van der Waals surface area contributed by atoms with Crippen LogP contribution in [0.15, 0.2) is 22.6 Å². The van der Waals surface area contributed by atoms with Crippen LogP contribution in [0, 0.1) is 5.82 Å². The number of nitrogens with zero attached hydrogens (tertiary/aromatic N) is 2. The minimum atomic E-state index is -0.383. The van der Waals surface area contributed by atoms with Gasteiger partial charge in [0.15, 0.2) is 0 Å². The highest BCUT2D eigenvalue weighted by Crippen LogP contribution is 2.27. The lowest BCUT2D eigenvalue weighted by Gasteiger charge is -2.07. The molecule has 2 aromatic rings. The molecule has 0 aliphatic carbocycles. The van der Waals surface area contributed by atoms with Gasteiger partial charge >= 0.3 is 6.01 Å². The lowest BCUT2D eigenvalue weighted by atomic mass is 10.3. The molecule has 7 nitrogen and oxygen atoms in total. The monoisotopic (exact) mass is 296 g/mol. The van der Waals surface area contributed by atoms with Crippen molar-refractivity contribution in [1.82, 2.24) is 15.5 Å². The minimum absolute atomic E-state index is 0.212. The number of anilines is 2. The van der Waals surface area contributed by atoms with Gasteiger partial charge in [-0.25, -0.2) is 4.39 Å². The average Bonchev–Trinajstić information content (AvgIpc) is 2.93. The normalized spacial score (nSPS) is 10.6. The number of rotatable bonds is 8. The quantitative estimate of drug-likeness (QED) is 0.717. The fourth-order valence-corrected chi connectivity index (χ4v) is 1.63. The molecule has 0 radical (unpaired) electrons. The van der Waals surface area contributed by atoms with Crippen LogP contribution in [0.4, 0.5) is 16.1 Å². The fraction of sp³-hybridized carbons (Fsp3) is 0.385. The number of hydrogen-bond acceptors (Lipinski definition) is 7. The molecule has 0 aliphatic heterocycles. The van der Waals surface area contributed by atoms with Gasteiger partial charge in [0.1, 0.15) is 11.6 Å². The van der Waals surface area contributed by atoms with Crippen LogP contribution < -0.4 is 15.4 Å². The molecule has 1 aromatic carbocycles. The van der Waals surface area contributed by atoms with E-state index in [1.165, 1.54) is 25.3 Å². The average molecular weight is 296 g/mol. The summed E-state index contributed by atoms with van der Waals surface area (Å²) in [5.41, 5.74) is 0.543. The molecule has 2 N–H and O–H groups in total. The van der Waals surface area contributed by atoms with Crippen molar-refractivity contribution < 1.29 is 18.3 Å². The second-order valence-electron chi connectivity index (χ2n) is 4.14. The van der Waals surface area contributed by atoms with Crippen molar-refractivity contribution >= 4 is 11.7 Å². The van der Waals surface area contributed by atoms with Gasteiger partial charge in [0.2, 0.25) is 5.89 Å². The molecule has 0 spiro atoms. The Balaban J connectivity index is 1.96. The highest BCUT2D eigenvalue weighted by atomic mass is 19.1. The molecule has 0 saturated heterocycles. The largest absolute Gasteiger partial charge is 0.494 e. The summed E-state index contributed by atoms with van der Waals surface area (Å²) < 4.78 is 28.5. The minimum Gasteiger partial charge on any atom is -0.494 e. The molecular weight excluding hydrogens is 279 g/mol. The molecule has 0 saturated carbocycles. The van der Waals surface area contributed by atoms with E-state index < -0.39 is 0 Å². The van der Waals surface area contributed by atoms with Gasteiger partial charge in [-0.3, -0.25) is 0 Å². The number of methoxy groups -OCH3 is 2. The zero-order valence-electron chi connectivity index (χ0n) is 11.9. The predicted molar refractivity (Wildman–Crippen MR) is 74.1 cm³/mol. The zero-order chi connectivity index (χ0) is 15.1. The number of aromatic nitrogens is 2. The Morgan fingerprint density at radius 2 is 2.14 bits per heavy atom. The summed E-state index contributed by atoms with van der Waals surface area (Å²) in [7, 11) is 3.09. The molecule has 0 amide bonds. The third-order valence-electron chi connectivity index (χ3n) is 2.63. The van der Waals surface area contributed by atoms with Gasteiger partial charge in [0.25, 0.3) is 0 Å². The van der Waals surface area contributed by atoms with Crippen LogP contribution in [0.25, 0.3) is 0 Å². The summed E-state index contributed by atoms with van der Waals surface area (Å²) in [4.78, 5) is 0. The van der Waals surface area contributed by atoms with Crippen LogP contribution in [-0.4, -0.2) is 37.6 Å². The number of nitrogens with one attached hydrogen (secondary N) is 2. The first-order valence-corrected chi connectivity index (χ1v) is 6.35. The molecule has 8 heteroatoms. The van der Waals surface area contributed by atoms with Gasteiger partial charge in [-0.05, 0) is 12.1 Å². The van der Waals surface area contributed by atoms with Crippen LogP contribution in [0.5, 0.6) is 5.75 Å². The van der Waals surface area contributed by atoms with Crippen LogP contribution in [0.1, 0.15) is 5.89 Å². The Kier molecular flexibility index (Phi) is 5.47. The predicted octanol–water partition coefficient (Wildman–Crippen LogP) is 1.70. The first-order valence-electron chi connectivity index (χ1n) is 6.35. The summed E-state index contributed by atoms with van der Waals surface area (Å²) in [6.45, 7) is 1.73. The van der Waals surface area contributed by atoms with Crippen LogP contribution in [0.2, 0.25) is 0 Å². The second kappa shape index (κ2) is 7.55. The number of hydrogen-bond donors (Lipinski definition) is 2. The highest BCUT2D eigenvalue weighted by Gasteiger charge is 2.10. The van der Waals surface area contributed by atoms with Crippen molar-refractivity contribution in [1.29, 1.82) is 0 Å². The maximum Gasteiger partial charge on any atom is 0.320 e. The van der Waals surface area contributed by atoms with E-state index in [0.29, 0.717) is 37.0 Å². The number of halogens is 1. The first-order chi connectivity index (χ1) is 10.2. The molecule has 1 heterocycles. The number of ether oxygens (including phenoxy) is 2. The third-order valence-corrected chi connectivity index (χ3v) is 2.63. The van der Waals surface area contributed by atoms with E-state index in [4.69, 9.17) is 13.9 Å². The standard InChI is InChI=1S/C13H17FN4O3/c1-19-6-5-15-8-12-17-18-13(21-12)16-10-4-3-9(14)7-11(10)20-2/h3-4,7,15H,5-6,8H2,1-2H3,(H,16,18). The van der Waals surface area contributed by atoms with E-state index in [1.807, 2.05) is 0 Å². The van der Waals surface area contributed by atoms with E-state index in [-0.39, 0.29) is 11.8 Å². The summed E-state index contributed by atoms with van der Waals surface area (Å²) in [6.07, 6.45) is 0. The van der Waals surface area contributed by atoms with E-state index >= 15 is 0 Å². The molecule has 2 rings (SSSR count). The Bertz CT molecular complexity index is 576.